The highest BCUT2D eigenvalue weighted by atomic mass is 19.1. The zero-order chi connectivity index (χ0) is 13.0. The summed E-state index contributed by atoms with van der Waals surface area (Å²) in [6, 6.07) is 5.61. The van der Waals surface area contributed by atoms with E-state index in [1.165, 1.54) is 12.1 Å². The lowest BCUT2D eigenvalue weighted by Crippen LogP contribution is -2.32. The number of rotatable bonds is 3. The first-order valence-corrected chi connectivity index (χ1v) is 6.12. The van der Waals surface area contributed by atoms with E-state index in [-0.39, 0.29) is 11.8 Å². The first-order chi connectivity index (χ1) is 8.65. The van der Waals surface area contributed by atoms with Crippen LogP contribution in [0.3, 0.4) is 0 Å². The number of aliphatic hydroxyl groups is 1. The van der Waals surface area contributed by atoms with Crippen LogP contribution in [0.25, 0.3) is 0 Å². The molecule has 2 rings (SSSR count). The fraction of sp³-hybridized carbons (Fsp3) is 0.462. The number of aliphatic hydroxyl groups excluding tert-OH is 1. The van der Waals surface area contributed by atoms with Gasteiger partial charge in [0.1, 0.15) is 5.82 Å². The molecular formula is C13H17FN2O2. The van der Waals surface area contributed by atoms with E-state index in [1.807, 2.05) is 0 Å². The SMILES string of the molecule is O=C(NCC1CCC(O)C1)Nc1ccccc1F. The van der Waals surface area contributed by atoms with Crippen LogP contribution in [0.5, 0.6) is 0 Å². The molecule has 0 saturated heterocycles. The number of hydrogen-bond acceptors (Lipinski definition) is 2. The number of para-hydroxylation sites is 1. The van der Waals surface area contributed by atoms with Crippen LogP contribution < -0.4 is 10.6 Å². The Morgan fingerprint density at radius 2 is 2.17 bits per heavy atom. The molecule has 1 aromatic carbocycles. The van der Waals surface area contributed by atoms with E-state index in [9.17, 15) is 14.3 Å². The highest BCUT2D eigenvalue weighted by Crippen LogP contribution is 2.24. The van der Waals surface area contributed by atoms with Gasteiger partial charge in [-0.1, -0.05) is 12.1 Å². The average molecular weight is 252 g/mol. The fourth-order valence-corrected chi connectivity index (χ4v) is 2.20. The van der Waals surface area contributed by atoms with Gasteiger partial charge in [0, 0.05) is 6.54 Å². The molecule has 0 spiro atoms. The molecule has 0 heterocycles. The Balaban J connectivity index is 1.77. The number of nitrogens with one attached hydrogen (secondary N) is 2. The standard InChI is InChI=1S/C13H17FN2O2/c14-11-3-1-2-4-12(11)16-13(18)15-8-9-5-6-10(17)7-9/h1-4,9-10,17H,5-8H2,(H2,15,16,18). The molecule has 2 unspecified atom stereocenters. The summed E-state index contributed by atoms with van der Waals surface area (Å²) in [6.45, 7) is 0.511. The second-order valence-corrected chi connectivity index (χ2v) is 4.65. The Morgan fingerprint density at radius 3 is 2.83 bits per heavy atom. The number of anilines is 1. The molecule has 98 valence electrons. The zero-order valence-corrected chi connectivity index (χ0v) is 10.0. The summed E-state index contributed by atoms with van der Waals surface area (Å²) in [7, 11) is 0. The maximum atomic E-state index is 13.3. The molecule has 18 heavy (non-hydrogen) atoms. The normalized spacial score (nSPS) is 22.8. The number of benzene rings is 1. The van der Waals surface area contributed by atoms with E-state index in [0.29, 0.717) is 12.5 Å². The molecule has 1 aromatic rings. The van der Waals surface area contributed by atoms with E-state index >= 15 is 0 Å². The van der Waals surface area contributed by atoms with E-state index in [2.05, 4.69) is 10.6 Å². The van der Waals surface area contributed by atoms with Crippen LogP contribution in [0.15, 0.2) is 24.3 Å². The van der Waals surface area contributed by atoms with Gasteiger partial charge in [0.05, 0.1) is 11.8 Å². The number of hydrogen-bond donors (Lipinski definition) is 3. The molecule has 0 aromatic heterocycles. The van der Waals surface area contributed by atoms with Gasteiger partial charge in [-0.25, -0.2) is 9.18 Å². The number of urea groups is 1. The quantitative estimate of drug-likeness (QED) is 0.771. The van der Waals surface area contributed by atoms with Gasteiger partial charge in [-0.15, -0.1) is 0 Å². The molecule has 1 aliphatic carbocycles. The third-order valence-corrected chi connectivity index (χ3v) is 3.19. The van der Waals surface area contributed by atoms with Gasteiger partial charge in [0.15, 0.2) is 0 Å². The van der Waals surface area contributed by atoms with Crippen molar-refractivity contribution < 1.29 is 14.3 Å². The maximum Gasteiger partial charge on any atom is 0.319 e. The number of halogens is 1. The lowest BCUT2D eigenvalue weighted by Gasteiger charge is -2.12. The van der Waals surface area contributed by atoms with Crippen LogP contribution in [0, 0.1) is 11.7 Å². The minimum Gasteiger partial charge on any atom is -0.393 e. The Morgan fingerprint density at radius 1 is 1.39 bits per heavy atom. The summed E-state index contributed by atoms with van der Waals surface area (Å²) in [5, 5.41) is 14.5. The van der Waals surface area contributed by atoms with Crippen LogP contribution in [-0.4, -0.2) is 23.8 Å². The maximum absolute atomic E-state index is 13.3. The molecule has 0 bridgehead atoms. The van der Waals surface area contributed by atoms with Gasteiger partial charge in [-0.3, -0.25) is 0 Å². The predicted octanol–water partition coefficient (Wildman–Crippen LogP) is 2.11. The van der Waals surface area contributed by atoms with Gasteiger partial charge < -0.3 is 15.7 Å². The molecule has 0 radical (unpaired) electrons. The first kappa shape index (κ1) is 12.8. The molecule has 4 nitrogen and oxygen atoms in total. The zero-order valence-electron chi connectivity index (χ0n) is 10.0. The molecule has 1 fully saturated rings. The molecule has 1 saturated carbocycles. The minimum atomic E-state index is -0.455. The van der Waals surface area contributed by atoms with Gasteiger partial charge in [0.2, 0.25) is 0 Å². The molecule has 5 heteroatoms. The van der Waals surface area contributed by atoms with E-state index < -0.39 is 11.8 Å². The van der Waals surface area contributed by atoms with Crippen molar-refractivity contribution in [1.29, 1.82) is 0 Å². The van der Waals surface area contributed by atoms with E-state index in [4.69, 9.17) is 0 Å². The third-order valence-electron chi connectivity index (χ3n) is 3.19. The number of carbonyl (C=O) groups excluding carboxylic acids is 1. The summed E-state index contributed by atoms with van der Waals surface area (Å²) in [6.07, 6.45) is 2.19. The van der Waals surface area contributed by atoms with Gasteiger partial charge in [-0.05, 0) is 37.3 Å². The Kier molecular flexibility index (Phi) is 4.15. The van der Waals surface area contributed by atoms with E-state index in [0.717, 1.165) is 19.3 Å². The van der Waals surface area contributed by atoms with Crippen molar-refractivity contribution in [1.82, 2.24) is 5.32 Å². The molecule has 2 amide bonds. The second kappa shape index (κ2) is 5.82. The first-order valence-electron chi connectivity index (χ1n) is 6.12. The molecule has 3 N–H and O–H groups in total. The summed E-state index contributed by atoms with van der Waals surface area (Å²) in [5.74, 6) is -0.143. The van der Waals surface area contributed by atoms with Crippen molar-refractivity contribution >= 4 is 11.7 Å². The number of amides is 2. The molecule has 2 atom stereocenters. The predicted molar refractivity (Wildman–Crippen MR) is 66.8 cm³/mol. The molecule has 1 aliphatic rings. The Bertz CT molecular complexity index is 425. The van der Waals surface area contributed by atoms with Crippen LogP contribution in [0.1, 0.15) is 19.3 Å². The summed E-state index contributed by atoms with van der Waals surface area (Å²) in [4.78, 5) is 11.6. The van der Waals surface area contributed by atoms with Gasteiger partial charge in [-0.2, -0.15) is 0 Å². The lowest BCUT2D eigenvalue weighted by atomic mass is 10.1. The monoisotopic (exact) mass is 252 g/mol. The van der Waals surface area contributed by atoms with Gasteiger partial charge in [0.25, 0.3) is 0 Å². The summed E-state index contributed by atoms with van der Waals surface area (Å²) >= 11 is 0. The third kappa shape index (κ3) is 3.43. The van der Waals surface area contributed by atoms with Crippen molar-refractivity contribution in [2.75, 3.05) is 11.9 Å². The highest BCUT2D eigenvalue weighted by Gasteiger charge is 2.22. The largest absolute Gasteiger partial charge is 0.393 e. The summed E-state index contributed by atoms with van der Waals surface area (Å²) in [5.41, 5.74) is 0.168. The second-order valence-electron chi connectivity index (χ2n) is 4.65. The smallest absolute Gasteiger partial charge is 0.319 e. The van der Waals surface area contributed by atoms with E-state index in [1.54, 1.807) is 12.1 Å². The number of carbonyl (C=O) groups is 1. The van der Waals surface area contributed by atoms with Crippen LogP contribution in [0.4, 0.5) is 14.9 Å². The lowest BCUT2D eigenvalue weighted by molar-refractivity contribution is 0.177. The van der Waals surface area contributed by atoms with Crippen molar-refractivity contribution in [3.8, 4) is 0 Å². The topological polar surface area (TPSA) is 61.4 Å². The van der Waals surface area contributed by atoms with Crippen LogP contribution >= 0.6 is 0 Å². The van der Waals surface area contributed by atoms with Crippen molar-refractivity contribution in [3.63, 3.8) is 0 Å². The van der Waals surface area contributed by atoms with Gasteiger partial charge >= 0.3 is 6.03 Å². The van der Waals surface area contributed by atoms with Crippen molar-refractivity contribution in [3.05, 3.63) is 30.1 Å². The highest BCUT2D eigenvalue weighted by molar-refractivity contribution is 5.89. The Hall–Kier alpha value is -1.62. The van der Waals surface area contributed by atoms with Crippen LogP contribution in [0.2, 0.25) is 0 Å². The Labute approximate surface area is 105 Å². The van der Waals surface area contributed by atoms with Crippen molar-refractivity contribution in [2.45, 2.75) is 25.4 Å². The molecular weight excluding hydrogens is 235 g/mol. The van der Waals surface area contributed by atoms with Crippen molar-refractivity contribution in [2.24, 2.45) is 5.92 Å². The summed E-state index contributed by atoms with van der Waals surface area (Å²) < 4.78 is 13.3. The average Bonchev–Trinajstić information content (AvgIpc) is 2.76. The molecule has 0 aliphatic heterocycles. The van der Waals surface area contributed by atoms with Crippen LogP contribution in [-0.2, 0) is 0 Å². The fourth-order valence-electron chi connectivity index (χ4n) is 2.20. The minimum absolute atomic E-state index is 0.168.